The summed E-state index contributed by atoms with van der Waals surface area (Å²) in [5.41, 5.74) is 2.92. The Bertz CT molecular complexity index is 390. The van der Waals surface area contributed by atoms with Gasteiger partial charge >= 0.3 is 0 Å². The van der Waals surface area contributed by atoms with Crippen molar-refractivity contribution in [3.05, 3.63) is 28.8 Å². The van der Waals surface area contributed by atoms with Crippen LogP contribution in [0.4, 0.5) is 0 Å². The van der Waals surface area contributed by atoms with Gasteiger partial charge in [0.05, 0.1) is 11.6 Å². The summed E-state index contributed by atoms with van der Waals surface area (Å²) in [5.74, 6) is 0.923. The SMILES string of the molecule is Cc1c(C#N)ccc2c1O[C@@H](C)C2. The molecule has 0 amide bonds. The highest BCUT2D eigenvalue weighted by Gasteiger charge is 2.21. The van der Waals surface area contributed by atoms with Gasteiger partial charge in [-0.05, 0) is 25.5 Å². The topological polar surface area (TPSA) is 33.0 Å². The minimum absolute atomic E-state index is 0.252. The van der Waals surface area contributed by atoms with Crippen LogP contribution in [0, 0.1) is 18.3 Å². The van der Waals surface area contributed by atoms with Crippen LogP contribution in [0.1, 0.15) is 23.6 Å². The molecule has 2 heteroatoms. The predicted octanol–water partition coefficient (Wildman–Crippen LogP) is 2.19. The molecular formula is C11H11NO. The van der Waals surface area contributed by atoms with E-state index in [4.69, 9.17) is 10.00 Å². The molecule has 1 aromatic carbocycles. The van der Waals surface area contributed by atoms with Gasteiger partial charge in [-0.1, -0.05) is 6.07 Å². The number of benzene rings is 1. The summed E-state index contributed by atoms with van der Waals surface area (Å²) in [6.07, 6.45) is 1.21. The van der Waals surface area contributed by atoms with E-state index in [-0.39, 0.29) is 6.10 Å². The molecule has 0 N–H and O–H groups in total. The van der Waals surface area contributed by atoms with E-state index in [0.717, 1.165) is 17.7 Å². The van der Waals surface area contributed by atoms with Gasteiger partial charge < -0.3 is 4.74 Å². The molecule has 1 atom stereocenters. The quantitative estimate of drug-likeness (QED) is 0.602. The van der Waals surface area contributed by atoms with Crippen molar-refractivity contribution >= 4 is 0 Å². The summed E-state index contributed by atoms with van der Waals surface area (Å²) in [4.78, 5) is 0. The first-order valence-corrected chi connectivity index (χ1v) is 4.41. The molecule has 2 rings (SSSR count). The molecule has 0 saturated heterocycles. The van der Waals surface area contributed by atoms with Gasteiger partial charge in [0.1, 0.15) is 11.9 Å². The number of hydrogen-bond acceptors (Lipinski definition) is 2. The number of ether oxygens (including phenoxy) is 1. The molecule has 0 spiro atoms. The van der Waals surface area contributed by atoms with Crippen molar-refractivity contribution in [2.75, 3.05) is 0 Å². The molecule has 0 radical (unpaired) electrons. The monoisotopic (exact) mass is 173 g/mol. The van der Waals surface area contributed by atoms with Gasteiger partial charge in [-0.15, -0.1) is 0 Å². The Morgan fingerprint density at radius 1 is 1.54 bits per heavy atom. The Morgan fingerprint density at radius 3 is 3.00 bits per heavy atom. The lowest BCUT2D eigenvalue weighted by atomic mass is 10.0. The lowest BCUT2D eigenvalue weighted by Crippen LogP contribution is -2.05. The van der Waals surface area contributed by atoms with Gasteiger partial charge in [-0.2, -0.15) is 5.26 Å². The van der Waals surface area contributed by atoms with E-state index in [1.54, 1.807) is 0 Å². The first-order chi connectivity index (χ1) is 6.22. The fourth-order valence-electron chi connectivity index (χ4n) is 1.75. The maximum Gasteiger partial charge on any atom is 0.127 e. The molecule has 0 bridgehead atoms. The lowest BCUT2D eigenvalue weighted by Gasteiger charge is -2.06. The first-order valence-electron chi connectivity index (χ1n) is 4.41. The summed E-state index contributed by atoms with van der Waals surface area (Å²) < 4.78 is 5.63. The summed E-state index contributed by atoms with van der Waals surface area (Å²) in [6, 6.07) is 6.02. The fourth-order valence-corrected chi connectivity index (χ4v) is 1.75. The van der Waals surface area contributed by atoms with E-state index in [1.165, 1.54) is 5.56 Å². The third-order valence-electron chi connectivity index (χ3n) is 2.43. The van der Waals surface area contributed by atoms with Crippen LogP contribution >= 0.6 is 0 Å². The van der Waals surface area contributed by atoms with E-state index >= 15 is 0 Å². The molecule has 13 heavy (non-hydrogen) atoms. The Kier molecular flexibility index (Phi) is 1.73. The highest BCUT2D eigenvalue weighted by Crippen LogP contribution is 2.33. The Hall–Kier alpha value is -1.49. The Labute approximate surface area is 77.8 Å². The van der Waals surface area contributed by atoms with Crippen LogP contribution in [0.5, 0.6) is 5.75 Å². The van der Waals surface area contributed by atoms with E-state index in [1.807, 2.05) is 26.0 Å². The zero-order valence-corrected chi connectivity index (χ0v) is 7.79. The predicted molar refractivity (Wildman–Crippen MR) is 49.7 cm³/mol. The molecule has 0 fully saturated rings. The zero-order valence-electron chi connectivity index (χ0n) is 7.79. The minimum Gasteiger partial charge on any atom is -0.490 e. The van der Waals surface area contributed by atoms with Crippen LogP contribution in [0.2, 0.25) is 0 Å². The standard InChI is InChI=1S/C11H11NO/c1-7-5-9-3-4-10(6-12)8(2)11(9)13-7/h3-4,7H,5H2,1-2H3/t7-/m0/s1. The molecule has 1 aliphatic rings. The maximum absolute atomic E-state index is 8.81. The first kappa shape index (κ1) is 8.12. The smallest absolute Gasteiger partial charge is 0.127 e. The van der Waals surface area contributed by atoms with Crippen molar-refractivity contribution in [2.24, 2.45) is 0 Å². The molecular weight excluding hydrogens is 162 g/mol. The molecule has 1 heterocycles. The van der Waals surface area contributed by atoms with Crippen molar-refractivity contribution in [3.63, 3.8) is 0 Å². The second kappa shape index (κ2) is 2.77. The molecule has 1 aromatic rings. The highest BCUT2D eigenvalue weighted by molar-refractivity contribution is 5.52. The molecule has 0 saturated carbocycles. The van der Waals surface area contributed by atoms with Crippen LogP contribution in [0.15, 0.2) is 12.1 Å². The van der Waals surface area contributed by atoms with Gasteiger partial charge in [0.15, 0.2) is 0 Å². The molecule has 0 aromatic heterocycles. The van der Waals surface area contributed by atoms with E-state index in [2.05, 4.69) is 6.07 Å². The van der Waals surface area contributed by atoms with Gasteiger partial charge in [0.2, 0.25) is 0 Å². The number of nitriles is 1. The van der Waals surface area contributed by atoms with Gasteiger partial charge in [0, 0.05) is 12.0 Å². The van der Waals surface area contributed by atoms with Crippen molar-refractivity contribution < 1.29 is 4.74 Å². The highest BCUT2D eigenvalue weighted by atomic mass is 16.5. The van der Waals surface area contributed by atoms with E-state index < -0.39 is 0 Å². The third kappa shape index (κ3) is 1.17. The normalized spacial score (nSPS) is 19.0. The van der Waals surface area contributed by atoms with E-state index in [9.17, 15) is 0 Å². The van der Waals surface area contributed by atoms with Gasteiger partial charge in [0.25, 0.3) is 0 Å². The Morgan fingerprint density at radius 2 is 2.31 bits per heavy atom. The molecule has 66 valence electrons. The largest absolute Gasteiger partial charge is 0.490 e. The van der Waals surface area contributed by atoms with Crippen LogP contribution in [-0.4, -0.2) is 6.10 Å². The van der Waals surface area contributed by atoms with Gasteiger partial charge in [-0.3, -0.25) is 0 Å². The van der Waals surface area contributed by atoms with Crippen molar-refractivity contribution in [3.8, 4) is 11.8 Å². The second-order valence-electron chi connectivity index (χ2n) is 3.47. The van der Waals surface area contributed by atoms with Crippen LogP contribution in [0.3, 0.4) is 0 Å². The number of fused-ring (bicyclic) bond motifs is 1. The van der Waals surface area contributed by atoms with E-state index in [0.29, 0.717) is 5.56 Å². The number of hydrogen-bond donors (Lipinski definition) is 0. The molecule has 0 unspecified atom stereocenters. The van der Waals surface area contributed by atoms with Crippen LogP contribution < -0.4 is 4.74 Å². The molecule has 1 aliphatic heterocycles. The maximum atomic E-state index is 8.81. The van der Waals surface area contributed by atoms with Crippen molar-refractivity contribution in [1.82, 2.24) is 0 Å². The molecule has 0 aliphatic carbocycles. The summed E-state index contributed by atoms with van der Waals surface area (Å²) in [7, 11) is 0. The average molecular weight is 173 g/mol. The Balaban J connectivity index is 2.56. The number of rotatable bonds is 0. The lowest BCUT2D eigenvalue weighted by molar-refractivity contribution is 0.253. The van der Waals surface area contributed by atoms with Crippen molar-refractivity contribution in [2.45, 2.75) is 26.4 Å². The summed E-state index contributed by atoms with van der Waals surface area (Å²) in [6.45, 7) is 3.99. The van der Waals surface area contributed by atoms with Crippen molar-refractivity contribution in [1.29, 1.82) is 5.26 Å². The minimum atomic E-state index is 0.252. The van der Waals surface area contributed by atoms with Gasteiger partial charge in [-0.25, -0.2) is 0 Å². The zero-order chi connectivity index (χ0) is 9.42. The second-order valence-corrected chi connectivity index (χ2v) is 3.47. The summed E-state index contributed by atoms with van der Waals surface area (Å²) >= 11 is 0. The van der Waals surface area contributed by atoms with Crippen LogP contribution in [-0.2, 0) is 6.42 Å². The fraction of sp³-hybridized carbons (Fsp3) is 0.364. The van der Waals surface area contributed by atoms with Crippen LogP contribution in [0.25, 0.3) is 0 Å². The molecule has 2 nitrogen and oxygen atoms in total. The third-order valence-corrected chi connectivity index (χ3v) is 2.43. The average Bonchev–Trinajstić information content (AvgIpc) is 2.47. The summed E-state index contributed by atoms with van der Waals surface area (Å²) in [5, 5.41) is 8.81. The number of nitrogens with zero attached hydrogens (tertiary/aromatic N) is 1.